The highest BCUT2D eigenvalue weighted by molar-refractivity contribution is 5.97. The minimum Gasteiger partial charge on any atom is -0.481 e. The summed E-state index contributed by atoms with van der Waals surface area (Å²) < 4.78 is 4.94. The number of carbonyl (C=O) groups is 1. The first-order valence-corrected chi connectivity index (χ1v) is 4.36. The fraction of sp³-hybridized carbons (Fsp3) is 0.400. The maximum atomic E-state index is 11.6. The molecule has 0 spiro atoms. The van der Waals surface area contributed by atoms with E-state index < -0.39 is 0 Å². The van der Waals surface area contributed by atoms with Gasteiger partial charge in [0.2, 0.25) is 5.88 Å². The Balaban J connectivity index is 2.23. The first kappa shape index (κ1) is 8.23. The van der Waals surface area contributed by atoms with E-state index in [4.69, 9.17) is 4.74 Å². The Morgan fingerprint density at radius 1 is 1.54 bits per heavy atom. The molecular formula is C10H11NO2. The largest absolute Gasteiger partial charge is 0.481 e. The minimum atomic E-state index is 0.152. The molecule has 1 fully saturated rings. The zero-order valence-electron chi connectivity index (χ0n) is 7.49. The maximum Gasteiger partial charge on any atom is 0.213 e. The number of methoxy groups -OCH3 is 1. The summed E-state index contributed by atoms with van der Waals surface area (Å²) in [4.78, 5) is 15.6. The molecule has 3 heteroatoms. The molecule has 1 heterocycles. The lowest BCUT2D eigenvalue weighted by Crippen LogP contribution is -2.04. The van der Waals surface area contributed by atoms with Gasteiger partial charge in [-0.15, -0.1) is 0 Å². The van der Waals surface area contributed by atoms with E-state index in [0.29, 0.717) is 11.6 Å². The van der Waals surface area contributed by atoms with Crippen LogP contribution in [0.25, 0.3) is 0 Å². The standard InChI is InChI=1S/C10H11NO2/c1-13-9-4-2-3-8(11-9)10(12)7-5-6-7/h2-4,7H,5-6H2,1H3. The van der Waals surface area contributed by atoms with Gasteiger partial charge in [0.1, 0.15) is 5.69 Å². The molecule has 1 aliphatic carbocycles. The summed E-state index contributed by atoms with van der Waals surface area (Å²) in [6.07, 6.45) is 2.02. The second-order valence-corrected chi connectivity index (χ2v) is 3.20. The molecule has 0 N–H and O–H groups in total. The molecule has 0 amide bonds. The zero-order valence-corrected chi connectivity index (χ0v) is 7.49. The van der Waals surface area contributed by atoms with Crippen molar-refractivity contribution in [2.75, 3.05) is 7.11 Å². The van der Waals surface area contributed by atoms with Gasteiger partial charge in [-0.25, -0.2) is 4.98 Å². The van der Waals surface area contributed by atoms with Crippen molar-refractivity contribution >= 4 is 5.78 Å². The smallest absolute Gasteiger partial charge is 0.213 e. The fourth-order valence-corrected chi connectivity index (χ4v) is 1.22. The van der Waals surface area contributed by atoms with Crippen LogP contribution in [0.4, 0.5) is 0 Å². The van der Waals surface area contributed by atoms with Gasteiger partial charge < -0.3 is 4.74 Å². The molecular weight excluding hydrogens is 166 g/mol. The van der Waals surface area contributed by atoms with Crippen molar-refractivity contribution in [2.24, 2.45) is 5.92 Å². The monoisotopic (exact) mass is 177 g/mol. The summed E-state index contributed by atoms with van der Waals surface area (Å²) in [7, 11) is 1.55. The number of rotatable bonds is 3. The summed E-state index contributed by atoms with van der Waals surface area (Å²) in [6.45, 7) is 0. The topological polar surface area (TPSA) is 39.2 Å². The van der Waals surface area contributed by atoms with Crippen LogP contribution in [0.5, 0.6) is 5.88 Å². The van der Waals surface area contributed by atoms with Crippen LogP contribution in [0.1, 0.15) is 23.3 Å². The lowest BCUT2D eigenvalue weighted by atomic mass is 10.2. The molecule has 0 saturated heterocycles. The van der Waals surface area contributed by atoms with Crippen LogP contribution in [-0.4, -0.2) is 17.9 Å². The van der Waals surface area contributed by atoms with E-state index in [0.717, 1.165) is 12.8 Å². The first-order valence-electron chi connectivity index (χ1n) is 4.36. The lowest BCUT2D eigenvalue weighted by molar-refractivity contribution is 0.0962. The maximum absolute atomic E-state index is 11.6. The number of hydrogen-bond donors (Lipinski definition) is 0. The second kappa shape index (κ2) is 3.17. The van der Waals surface area contributed by atoms with Crippen molar-refractivity contribution < 1.29 is 9.53 Å². The van der Waals surface area contributed by atoms with Crippen molar-refractivity contribution in [1.82, 2.24) is 4.98 Å². The Kier molecular flexibility index (Phi) is 2.00. The molecule has 0 unspecified atom stereocenters. The van der Waals surface area contributed by atoms with Gasteiger partial charge >= 0.3 is 0 Å². The second-order valence-electron chi connectivity index (χ2n) is 3.20. The van der Waals surface area contributed by atoms with Crippen LogP contribution >= 0.6 is 0 Å². The molecule has 3 nitrogen and oxygen atoms in total. The van der Waals surface area contributed by atoms with Gasteiger partial charge in [0.15, 0.2) is 5.78 Å². The number of aromatic nitrogens is 1. The third-order valence-electron chi connectivity index (χ3n) is 2.13. The highest BCUT2D eigenvalue weighted by atomic mass is 16.5. The highest BCUT2D eigenvalue weighted by Crippen LogP contribution is 2.32. The molecule has 1 aromatic rings. The Hall–Kier alpha value is -1.38. The van der Waals surface area contributed by atoms with Crippen LogP contribution < -0.4 is 4.74 Å². The van der Waals surface area contributed by atoms with E-state index in [1.165, 1.54) is 0 Å². The summed E-state index contributed by atoms with van der Waals surface area (Å²) in [6, 6.07) is 5.27. The van der Waals surface area contributed by atoms with Gasteiger partial charge in [-0.1, -0.05) is 6.07 Å². The summed E-state index contributed by atoms with van der Waals surface area (Å²) in [5.41, 5.74) is 0.529. The number of carbonyl (C=O) groups excluding carboxylic acids is 1. The van der Waals surface area contributed by atoms with Crippen LogP contribution in [0.3, 0.4) is 0 Å². The molecule has 0 atom stereocenters. The minimum absolute atomic E-state index is 0.152. The van der Waals surface area contributed by atoms with Crippen molar-refractivity contribution in [1.29, 1.82) is 0 Å². The van der Waals surface area contributed by atoms with Crippen molar-refractivity contribution in [3.05, 3.63) is 23.9 Å². The molecule has 68 valence electrons. The van der Waals surface area contributed by atoms with Gasteiger partial charge in [-0.05, 0) is 18.9 Å². The number of pyridine rings is 1. The number of ether oxygens (including phenoxy) is 1. The van der Waals surface area contributed by atoms with Gasteiger partial charge in [0, 0.05) is 12.0 Å². The number of Topliss-reactive ketones (excluding diaryl/α,β-unsaturated/α-hetero) is 1. The van der Waals surface area contributed by atoms with Crippen LogP contribution in [0.15, 0.2) is 18.2 Å². The van der Waals surface area contributed by atoms with E-state index in [9.17, 15) is 4.79 Å². The Labute approximate surface area is 76.7 Å². The van der Waals surface area contributed by atoms with E-state index in [2.05, 4.69) is 4.98 Å². The van der Waals surface area contributed by atoms with Gasteiger partial charge in [0.25, 0.3) is 0 Å². The summed E-state index contributed by atoms with van der Waals surface area (Å²) in [5.74, 6) is 0.880. The number of hydrogen-bond acceptors (Lipinski definition) is 3. The van der Waals surface area contributed by atoms with E-state index >= 15 is 0 Å². The highest BCUT2D eigenvalue weighted by Gasteiger charge is 2.31. The van der Waals surface area contributed by atoms with Gasteiger partial charge in [0.05, 0.1) is 7.11 Å². The van der Waals surface area contributed by atoms with E-state index in [1.807, 2.05) is 0 Å². The van der Waals surface area contributed by atoms with Crippen molar-refractivity contribution in [3.8, 4) is 5.88 Å². The SMILES string of the molecule is COc1cccc(C(=O)C2CC2)n1. The van der Waals surface area contributed by atoms with Crippen LogP contribution in [0, 0.1) is 5.92 Å². The number of nitrogens with zero attached hydrogens (tertiary/aromatic N) is 1. The molecule has 1 aromatic heterocycles. The quantitative estimate of drug-likeness (QED) is 0.659. The average molecular weight is 177 g/mol. The third kappa shape index (κ3) is 1.69. The Morgan fingerprint density at radius 3 is 2.92 bits per heavy atom. The predicted octanol–water partition coefficient (Wildman–Crippen LogP) is 1.68. The average Bonchev–Trinajstić information content (AvgIpc) is 3.00. The Morgan fingerprint density at radius 2 is 2.31 bits per heavy atom. The molecule has 2 rings (SSSR count). The van der Waals surface area contributed by atoms with E-state index in [-0.39, 0.29) is 11.7 Å². The lowest BCUT2D eigenvalue weighted by Gasteiger charge is -2.00. The Bertz CT molecular complexity index is 331. The molecule has 1 aliphatic rings. The van der Waals surface area contributed by atoms with Crippen LogP contribution in [-0.2, 0) is 0 Å². The van der Waals surface area contributed by atoms with Gasteiger partial charge in [-0.3, -0.25) is 4.79 Å². The molecule has 0 aromatic carbocycles. The number of ketones is 1. The van der Waals surface area contributed by atoms with Crippen molar-refractivity contribution in [3.63, 3.8) is 0 Å². The first-order chi connectivity index (χ1) is 6.31. The summed E-state index contributed by atoms with van der Waals surface area (Å²) in [5, 5.41) is 0. The molecule has 1 saturated carbocycles. The third-order valence-corrected chi connectivity index (χ3v) is 2.13. The van der Waals surface area contributed by atoms with Crippen molar-refractivity contribution in [2.45, 2.75) is 12.8 Å². The van der Waals surface area contributed by atoms with Crippen LogP contribution in [0.2, 0.25) is 0 Å². The summed E-state index contributed by atoms with van der Waals surface area (Å²) >= 11 is 0. The fourth-order valence-electron chi connectivity index (χ4n) is 1.22. The van der Waals surface area contributed by atoms with E-state index in [1.54, 1.807) is 25.3 Å². The zero-order chi connectivity index (χ0) is 9.26. The normalized spacial score (nSPS) is 15.5. The molecule has 0 aliphatic heterocycles. The van der Waals surface area contributed by atoms with Gasteiger partial charge in [-0.2, -0.15) is 0 Å². The molecule has 13 heavy (non-hydrogen) atoms. The molecule has 0 bridgehead atoms. The molecule has 0 radical (unpaired) electrons. The predicted molar refractivity (Wildman–Crippen MR) is 47.8 cm³/mol.